The monoisotopic (exact) mass is 475 g/mol. The molecule has 0 bridgehead atoms. The van der Waals surface area contributed by atoms with Crippen molar-refractivity contribution in [2.45, 2.75) is 43.9 Å². The number of hydrogen-bond donors (Lipinski definition) is 3. The van der Waals surface area contributed by atoms with E-state index in [0.29, 0.717) is 0 Å². The Hall–Kier alpha value is -2.83. The number of methoxy groups -OCH3 is 1. The number of pyridine rings is 1. The smallest absolute Gasteiger partial charge is 0.417 e. The van der Waals surface area contributed by atoms with Crippen LogP contribution in [0, 0.1) is 17.6 Å². The summed E-state index contributed by atoms with van der Waals surface area (Å²) in [7, 11) is 1.04. The zero-order valence-electron chi connectivity index (χ0n) is 17.8. The first-order chi connectivity index (χ1) is 15.3. The average Bonchev–Trinajstić information content (AvgIpc) is 3.02. The number of nitrogens with one attached hydrogen (secondary N) is 1. The second-order valence-electron chi connectivity index (χ2n) is 7.85. The van der Waals surface area contributed by atoms with Gasteiger partial charge in [-0.3, -0.25) is 9.78 Å². The molecule has 0 radical (unpaired) electrons. The van der Waals surface area contributed by atoms with Gasteiger partial charge < -0.3 is 25.6 Å². The van der Waals surface area contributed by atoms with Crippen LogP contribution in [0.15, 0.2) is 30.5 Å². The van der Waals surface area contributed by atoms with Gasteiger partial charge in [0.15, 0.2) is 17.2 Å². The summed E-state index contributed by atoms with van der Waals surface area (Å²) in [4.78, 5) is 16.9. The number of hydrogen-bond acceptors (Lipinski definition) is 6. The van der Waals surface area contributed by atoms with Crippen LogP contribution in [0.3, 0.4) is 0 Å². The molecule has 1 amide bonds. The zero-order chi connectivity index (χ0) is 24.7. The molecule has 7 nitrogen and oxygen atoms in total. The number of ether oxygens (including phenoxy) is 2. The van der Waals surface area contributed by atoms with E-state index >= 15 is 0 Å². The highest BCUT2D eigenvalue weighted by molar-refractivity contribution is 5.95. The average molecular weight is 475 g/mol. The Bertz CT molecular complexity index is 1050. The third-order valence-electron chi connectivity index (χ3n) is 5.92. The number of benzene rings is 1. The first-order valence-corrected chi connectivity index (χ1v) is 9.78. The minimum Gasteiger partial charge on any atom is -0.493 e. The summed E-state index contributed by atoms with van der Waals surface area (Å²) in [5.41, 5.74) is 2.52. The third kappa shape index (κ3) is 4.37. The Kier molecular flexibility index (Phi) is 6.65. The number of rotatable bonds is 5. The lowest BCUT2D eigenvalue weighted by Crippen LogP contribution is -2.47. The molecule has 180 valence electrons. The van der Waals surface area contributed by atoms with E-state index in [1.165, 1.54) is 25.3 Å². The van der Waals surface area contributed by atoms with Gasteiger partial charge in [-0.15, -0.1) is 0 Å². The molecule has 3 rings (SSSR count). The quantitative estimate of drug-likeness (QED) is 0.452. The Morgan fingerprint density at radius 3 is 2.58 bits per heavy atom. The number of anilines is 1. The summed E-state index contributed by atoms with van der Waals surface area (Å²) in [5.74, 6) is -6.97. The number of amides is 1. The van der Waals surface area contributed by atoms with E-state index in [2.05, 4.69) is 10.3 Å². The summed E-state index contributed by atoms with van der Waals surface area (Å²) in [5, 5.41) is 11.9. The van der Waals surface area contributed by atoms with Crippen LogP contribution < -0.4 is 15.8 Å². The van der Waals surface area contributed by atoms with Gasteiger partial charge in [-0.05, 0) is 25.1 Å². The Balaban J connectivity index is 2.07. The van der Waals surface area contributed by atoms with Gasteiger partial charge >= 0.3 is 6.18 Å². The fourth-order valence-corrected chi connectivity index (χ4v) is 3.94. The second kappa shape index (κ2) is 8.84. The van der Waals surface area contributed by atoms with E-state index < -0.39 is 59.2 Å². The van der Waals surface area contributed by atoms with E-state index in [9.17, 15) is 31.9 Å². The van der Waals surface area contributed by atoms with Gasteiger partial charge in [-0.25, -0.2) is 4.39 Å². The maximum absolute atomic E-state index is 14.4. The Labute approximate surface area is 185 Å². The van der Waals surface area contributed by atoms with Crippen molar-refractivity contribution >= 4 is 11.6 Å². The number of aliphatic hydroxyl groups is 1. The molecule has 1 aliphatic heterocycles. The first kappa shape index (κ1) is 24.8. The normalized spacial score (nSPS) is 26.2. The number of alkyl halides is 3. The molecule has 2 aromatic rings. The van der Waals surface area contributed by atoms with Crippen molar-refractivity contribution in [1.82, 2.24) is 4.98 Å². The predicted octanol–water partition coefficient (Wildman–Crippen LogP) is 3.40. The molecular formula is C21H22F5N3O4. The van der Waals surface area contributed by atoms with Crippen LogP contribution in [-0.4, -0.2) is 41.0 Å². The molecule has 4 N–H and O–H groups in total. The summed E-state index contributed by atoms with van der Waals surface area (Å²) in [6.07, 6.45) is -6.84. The predicted molar refractivity (Wildman–Crippen MR) is 106 cm³/mol. The number of nitrogens with zero attached hydrogens (tertiary/aromatic N) is 1. The minimum atomic E-state index is -4.88. The number of nitrogens with two attached hydrogens (primary N) is 1. The van der Waals surface area contributed by atoms with Gasteiger partial charge in [0, 0.05) is 29.3 Å². The molecule has 2 heterocycles. The fraction of sp³-hybridized carbons (Fsp3) is 0.429. The molecule has 0 saturated carbocycles. The lowest BCUT2D eigenvalue weighted by atomic mass is 9.77. The van der Waals surface area contributed by atoms with E-state index in [4.69, 9.17) is 15.2 Å². The van der Waals surface area contributed by atoms with E-state index in [0.717, 1.165) is 26.2 Å². The molecule has 0 spiro atoms. The molecule has 1 fully saturated rings. The van der Waals surface area contributed by atoms with Gasteiger partial charge in [0.1, 0.15) is 12.3 Å². The van der Waals surface area contributed by atoms with Crippen LogP contribution in [0.2, 0.25) is 0 Å². The van der Waals surface area contributed by atoms with Crippen molar-refractivity contribution in [3.8, 4) is 5.75 Å². The molecule has 1 unspecified atom stereocenters. The van der Waals surface area contributed by atoms with Crippen molar-refractivity contribution in [2.24, 2.45) is 11.7 Å². The van der Waals surface area contributed by atoms with Crippen molar-refractivity contribution in [1.29, 1.82) is 0 Å². The molecule has 1 saturated heterocycles. The van der Waals surface area contributed by atoms with Gasteiger partial charge in [-0.2, -0.15) is 17.6 Å². The number of halogens is 5. The number of carbonyl (C=O) groups excluding carboxylic acids is 1. The first-order valence-electron chi connectivity index (χ1n) is 9.78. The summed E-state index contributed by atoms with van der Waals surface area (Å²) in [6, 6.07) is 4.38. The van der Waals surface area contributed by atoms with Crippen molar-refractivity contribution in [3.05, 3.63) is 53.4 Å². The number of carbonyl (C=O) groups is 1. The summed E-state index contributed by atoms with van der Waals surface area (Å²) < 4.78 is 80.1. The molecule has 1 aromatic carbocycles. The standard InChI is InChI=1S/C21H22F5N3O4/c1-9-14(11-4-5-12(22)15(23)16(11)32-3)17(33-20(9,2)21(24,25)26)19(31)29-10-6-7-28-13(8-10)18(27)30/h4-9,14,17-18,30H,27H2,1-3H3,(H,28,29,31)/t9-,14-,17+,18?,20+/m0/s1. The summed E-state index contributed by atoms with van der Waals surface area (Å²) in [6.45, 7) is 2.00. The van der Waals surface area contributed by atoms with Crippen molar-refractivity contribution in [2.75, 3.05) is 12.4 Å². The lowest BCUT2D eigenvalue weighted by molar-refractivity contribution is -0.272. The maximum Gasteiger partial charge on any atom is 0.417 e. The molecule has 1 aromatic heterocycles. The van der Waals surface area contributed by atoms with Gasteiger partial charge in [0.25, 0.3) is 5.91 Å². The van der Waals surface area contributed by atoms with Crippen LogP contribution in [0.4, 0.5) is 27.6 Å². The molecule has 1 aliphatic rings. The molecule has 5 atom stereocenters. The topological polar surface area (TPSA) is 107 Å². The minimum absolute atomic E-state index is 0.00691. The van der Waals surface area contributed by atoms with Gasteiger partial charge in [-0.1, -0.05) is 13.0 Å². The third-order valence-corrected chi connectivity index (χ3v) is 5.92. The Morgan fingerprint density at radius 2 is 2.00 bits per heavy atom. The molecule has 33 heavy (non-hydrogen) atoms. The lowest BCUT2D eigenvalue weighted by Gasteiger charge is -2.32. The molecular weight excluding hydrogens is 453 g/mol. The highest BCUT2D eigenvalue weighted by atomic mass is 19.4. The van der Waals surface area contributed by atoms with Gasteiger partial charge in [0.2, 0.25) is 5.82 Å². The van der Waals surface area contributed by atoms with Crippen molar-refractivity contribution < 1.29 is 41.3 Å². The highest BCUT2D eigenvalue weighted by Gasteiger charge is 2.65. The number of aromatic nitrogens is 1. The van der Waals surface area contributed by atoms with Crippen molar-refractivity contribution in [3.63, 3.8) is 0 Å². The molecule has 0 aliphatic carbocycles. The van der Waals surface area contributed by atoms with Gasteiger partial charge in [0.05, 0.1) is 12.8 Å². The molecule has 12 heteroatoms. The van der Waals surface area contributed by atoms with Crippen LogP contribution >= 0.6 is 0 Å². The van der Waals surface area contributed by atoms with Crippen LogP contribution in [0.1, 0.15) is 37.3 Å². The Morgan fingerprint density at radius 1 is 1.33 bits per heavy atom. The maximum atomic E-state index is 14.4. The van der Waals surface area contributed by atoms with Crippen LogP contribution in [0.25, 0.3) is 0 Å². The van der Waals surface area contributed by atoms with Crippen LogP contribution in [-0.2, 0) is 9.53 Å². The zero-order valence-corrected chi connectivity index (χ0v) is 17.8. The van der Waals surface area contributed by atoms with E-state index in [-0.39, 0.29) is 16.9 Å². The highest BCUT2D eigenvalue weighted by Crippen LogP contribution is 2.55. The van der Waals surface area contributed by atoms with E-state index in [1.807, 2.05) is 0 Å². The largest absolute Gasteiger partial charge is 0.493 e. The SMILES string of the molecule is COc1c([C@H]2[C@H](C(=O)Nc3ccnc(C(N)O)c3)O[C@@](C)(C(F)(F)F)[C@H]2C)ccc(F)c1F. The second-order valence-corrected chi connectivity index (χ2v) is 7.85. The summed E-state index contributed by atoms with van der Waals surface area (Å²) >= 11 is 0. The van der Waals surface area contributed by atoms with Crippen LogP contribution in [0.5, 0.6) is 5.75 Å². The number of aliphatic hydroxyl groups excluding tert-OH is 1. The fourth-order valence-electron chi connectivity index (χ4n) is 3.94. The van der Waals surface area contributed by atoms with E-state index in [1.54, 1.807) is 0 Å².